The lowest BCUT2D eigenvalue weighted by Crippen LogP contribution is -2.00. The van der Waals surface area contributed by atoms with Crippen LogP contribution in [-0.4, -0.2) is 18.8 Å². The van der Waals surface area contributed by atoms with E-state index in [0.717, 1.165) is 6.54 Å². The summed E-state index contributed by atoms with van der Waals surface area (Å²) >= 11 is 0. The average molecular weight is 160 g/mol. The molecule has 1 aromatic carbocycles. The highest BCUT2D eigenvalue weighted by atomic mass is 15.3. The summed E-state index contributed by atoms with van der Waals surface area (Å²) in [7, 11) is 0. The minimum absolute atomic E-state index is 0.353. The molecule has 2 nitrogen and oxygen atoms in total. The monoisotopic (exact) mass is 160 g/mol. The van der Waals surface area contributed by atoms with E-state index >= 15 is 0 Å². The Kier molecular flexibility index (Phi) is 1.61. The zero-order valence-electron chi connectivity index (χ0n) is 7.12. The molecule has 0 amide bonds. The van der Waals surface area contributed by atoms with Gasteiger partial charge in [0.15, 0.2) is 0 Å². The maximum absolute atomic E-state index is 7.10. The van der Waals surface area contributed by atoms with Gasteiger partial charge in [0, 0.05) is 18.4 Å². The number of aryl methyl sites for hydroxylation is 1. The third kappa shape index (κ3) is 1.09. The quantitative estimate of drug-likeness (QED) is 0.518. The molecule has 1 unspecified atom stereocenters. The van der Waals surface area contributed by atoms with Gasteiger partial charge in [-0.05, 0) is 18.6 Å². The van der Waals surface area contributed by atoms with Gasteiger partial charge in [-0.25, -0.2) is 0 Å². The van der Waals surface area contributed by atoms with Crippen molar-refractivity contribution in [1.82, 2.24) is 0 Å². The van der Waals surface area contributed by atoms with Gasteiger partial charge in [0.1, 0.15) is 0 Å². The van der Waals surface area contributed by atoms with Gasteiger partial charge in [-0.3, -0.25) is 0 Å². The molecule has 12 heavy (non-hydrogen) atoms. The molecule has 0 radical (unpaired) electrons. The lowest BCUT2D eigenvalue weighted by molar-refractivity contribution is 1.28. The van der Waals surface area contributed by atoms with Gasteiger partial charge < -0.3 is 10.3 Å². The molecule has 2 heteroatoms. The summed E-state index contributed by atoms with van der Waals surface area (Å²) in [5, 5.41) is 7.10. The molecule has 1 fully saturated rings. The van der Waals surface area contributed by atoms with Crippen molar-refractivity contribution in [2.45, 2.75) is 13.0 Å². The second-order valence-electron chi connectivity index (χ2n) is 3.17. The van der Waals surface area contributed by atoms with Gasteiger partial charge in [-0.1, -0.05) is 18.2 Å². The molecule has 0 aromatic heterocycles. The van der Waals surface area contributed by atoms with Crippen molar-refractivity contribution >= 4 is 11.9 Å². The summed E-state index contributed by atoms with van der Waals surface area (Å²) in [5.41, 5.74) is 2.56. The number of benzene rings is 1. The summed E-state index contributed by atoms with van der Waals surface area (Å²) in [4.78, 5) is 2.22. The molecule has 1 heterocycles. The molecule has 0 aliphatic carbocycles. The zero-order valence-corrected chi connectivity index (χ0v) is 7.12. The van der Waals surface area contributed by atoms with Crippen LogP contribution >= 0.6 is 0 Å². The van der Waals surface area contributed by atoms with E-state index < -0.39 is 0 Å². The second kappa shape index (κ2) is 2.63. The van der Waals surface area contributed by atoms with E-state index in [1.54, 1.807) is 0 Å². The van der Waals surface area contributed by atoms with E-state index in [9.17, 15) is 0 Å². The van der Waals surface area contributed by atoms with E-state index in [2.05, 4.69) is 24.0 Å². The van der Waals surface area contributed by atoms with Gasteiger partial charge in [-0.2, -0.15) is 0 Å². The molecule has 2 rings (SSSR count). The summed E-state index contributed by atoms with van der Waals surface area (Å²) in [6, 6.07) is 8.66. The molecular formula is C10H12N2. The SMILES string of the molecule is Cc1ccccc1N1CC1C=N. The third-order valence-corrected chi connectivity index (χ3v) is 2.27. The van der Waals surface area contributed by atoms with Crippen molar-refractivity contribution < 1.29 is 0 Å². The molecular weight excluding hydrogens is 148 g/mol. The van der Waals surface area contributed by atoms with Crippen LogP contribution in [0.2, 0.25) is 0 Å². The first-order chi connectivity index (χ1) is 5.83. The third-order valence-electron chi connectivity index (χ3n) is 2.27. The van der Waals surface area contributed by atoms with Crippen LogP contribution in [0.5, 0.6) is 0 Å². The number of anilines is 1. The highest BCUT2D eigenvalue weighted by Crippen LogP contribution is 2.29. The van der Waals surface area contributed by atoms with Crippen molar-refractivity contribution in [2.75, 3.05) is 11.4 Å². The van der Waals surface area contributed by atoms with Gasteiger partial charge in [0.25, 0.3) is 0 Å². The zero-order chi connectivity index (χ0) is 8.55. The lowest BCUT2D eigenvalue weighted by atomic mass is 10.2. The van der Waals surface area contributed by atoms with E-state index in [0.29, 0.717) is 6.04 Å². The Morgan fingerprint density at radius 2 is 2.25 bits per heavy atom. The first kappa shape index (κ1) is 7.35. The Balaban J connectivity index is 2.25. The Hall–Kier alpha value is -1.31. The van der Waals surface area contributed by atoms with Crippen molar-refractivity contribution in [3.05, 3.63) is 29.8 Å². The van der Waals surface area contributed by atoms with Crippen molar-refractivity contribution in [1.29, 1.82) is 5.41 Å². The van der Waals surface area contributed by atoms with E-state index in [1.165, 1.54) is 17.5 Å². The molecule has 0 bridgehead atoms. The Bertz CT molecular complexity index is 306. The van der Waals surface area contributed by atoms with Crippen LogP contribution < -0.4 is 4.90 Å². The summed E-state index contributed by atoms with van der Waals surface area (Å²) < 4.78 is 0. The number of hydrogen-bond donors (Lipinski definition) is 1. The normalized spacial score (nSPS) is 20.8. The van der Waals surface area contributed by atoms with Crippen molar-refractivity contribution in [3.8, 4) is 0 Å². The molecule has 0 saturated carbocycles. The van der Waals surface area contributed by atoms with Crippen LogP contribution in [0.4, 0.5) is 5.69 Å². The lowest BCUT2D eigenvalue weighted by Gasteiger charge is -2.06. The first-order valence-electron chi connectivity index (χ1n) is 4.16. The second-order valence-corrected chi connectivity index (χ2v) is 3.17. The Labute approximate surface area is 72.3 Å². The predicted molar refractivity (Wildman–Crippen MR) is 51.1 cm³/mol. The van der Waals surface area contributed by atoms with E-state index in [4.69, 9.17) is 5.41 Å². The Morgan fingerprint density at radius 3 is 2.83 bits per heavy atom. The number of rotatable bonds is 2. The molecule has 1 aromatic rings. The number of nitrogens with zero attached hydrogens (tertiary/aromatic N) is 1. The number of para-hydroxylation sites is 1. The van der Waals surface area contributed by atoms with Gasteiger partial charge in [-0.15, -0.1) is 0 Å². The van der Waals surface area contributed by atoms with Crippen LogP contribution in [0, 0.1) is 12.3 Å². The fourth-order valence-corrected chi connectivity index (χ4v) is 1.46. The number of nitrogens with one attached hydrogen (secondary N) is 1. The Morgan fingerprint density at radius 1 is 1.50 bits per heavy atom. The minimum atomic E-state index is 0.353. The average Bonchev–Trinajstić information content (AvgIpc) is 2.84. The largest absolute Gasteiger partial charge is 0.359 e. The summed E-state index contributed by atoms with van der Waals surface area (Å²) in [5.74, 6) is 0. The van der Waals surface area contributed by atoms with Crippen LogP contribution in [0.3, 0.4) is 0 Å². The smallest absolute Gasteiger partial charge is 0.0813 e. The van der Waals surface area contributed by atoms with Gasteiger partial charge >= 0.3 is 0 Å². The summed E-state index contributed by atoms with van der Waals surface area (Å²) in [6.07, 6.45) is 1.51. The number of hydrogen-bond acceptors (Lipinski definition) is 2. The standard InChI is InChI=1S/C10H12N2/c1-8-4-2-3-5-10(8)12-7-9(12)6-11/h2-6,9,11H,7H2,1H3. The molecule has 1 saturated heterocycles. The van der Waals surface area contributed by atoms with Crippen molar-refractivity contribution in [3.63, 3.8) is 0 Å². The molecule has 62 valence electrons. The molecule has 0 spiro atoms. The highest BCUT2D eigenvalue weighted by molar-refractivity contribution is 5.77. The van der Waals surface area contributed by atoms with Crippen LogP contribution in [-0.2, 0) is 0 Å². The minimum Gasteiger partial charge on any atom is -0.359 e. The predicted octanol–water partition coefficient (Wildman–Crippen LogP) is 1.83. The molecule has 1 atom stereocenters. The maximum Gasteiger partial charge on any atom is 0.0813 e. The van der Waals surface area contributed by atoms with Gasteiger partial charge in [0.2, 0.25) is 0 Å². The van der Waals surface area contributed by atoms with E-state index in [-0.39, 0.29) is 0 Å². The summed E-state index contributed by atoms with van der Waals surface area (Å²) in [6.45, 7) is 3.11. The molecule has 1 N–H and O–H groups in total. The van der Waals surface area contributed by atoms with Crippen molar-refractivity contribution in [2.24, 2.45) is 0 Å². The fraction of sp³-hybridized carbons (Fsp3) is 0.300. The first-order valence-corrected chi connectivity index (χ1v) is 4.16. The topological polar surface area (TPSA) is 26.9 Å². The fourth-order valence-electron chi connectivity index (χ4n) is 1.46. The highest BCUT2D eigenvalue weighted by Gasteiger charge is 2.32. The van der Waals surface area contributed by atoms with Crippen LogP contribution in [0.25, 0.3) is 0 Å². The molecule has 1 aliphatic heterocycles. The van der Waals surface area contributed by atoms with Crippen LogP contribution in [0.15, 0.2) is 24.3 Å². The molecule has 1 aliphatic rings. The van der Waals surface area contributed by atoms with Gasteiger partial charge in [0.05, 0.1) is 6.04 Å². The maximum atomic E-state index is 7.10. The van der Waals surface area contributed by atoms with Crippen LogP contribution in [0.1, 0.15) is 5.56 Å². The van der Waals surface area contributed by atoms with E-state index in [1.807, 2.05) is 12.1 Å².